The molecule has 0 saturated carbocycles. The average molecular weight is 182 g/mol. The summed E-state index contributed by atoms with van der Waals surface area (Å²) < 4.78 is 0. The Morgan fingerprint density at radius 1 is 1.08 bits per heavy atom. The molecule has 0 aromatic carbocycles. The zero-order valence-electron chi connectivity index (χ0n) is 9.43. The lowest BCUT2D eigenvalue weighted by atomic mass is 9.91. The molecule has 0 aromatic rings. The topological polar surface area (TPSA) is 15.6 Å². The Morgan fingerprint density at radius 2 is 1.62 bits per heavy atom. The summed E-state index contributed by atoms with van der Waals surface area (Å²) in [4.78, 5) is 0. The molecule has 0 spiro atoms. The van der Waals surface area contributed by atoms with E-state index in [0.717, 1.165) is 13.1 Å². The maximum atomic E-state index is 4.66. The molecular weight excluding hydrogens is 160 g/mol. The minimum atomic E-state index is 0.220. The lowest BCUT2D eigenvalue weighted by molar-refractivity contribution is 0.236. The zero-order chi connectivity index (χ0) is 9.90. The number of nitrogens with zero attached hydrogens (tertiary/aromatic N) is 2. The summed E-state index contributed by atoms with van der Waals surface area (Å²) >= 11 is 0. The van der Waals surface area contributed by atoms with Gasteiger partial charge in [0.2, 0.25) is 0 Å². The molecule has 0 atom stereocenters. The second-order valence-corrected chi connectivity index (χ2v) is 4.95. The number of hydrogen-bond acceptors (Lipinski definition) is 2. The minimum Gasteiger partial charge on any atom is -0.297 e. The van der Waals surface area contributed by atoms with E-state index in [2.05, 4.69) is 37.8 Å². The van der Waals surface area contributed by atoms with Gasteiger partial charge < -0.3 is 0 Å². The van der Waals surface area contributed by atoms with Crippen LogP contribution in [0, 0.1) is 5.41 Å². The molecule has 1 rings (SSSR count). The smallest absolute Gasteiger partial charge is 0.0403 e. The summed E-state index contributed by atoms with van der Waals surface area (Å²) in [5, 5.41) is 6.88. The normalized spacial score (nSPS) is 20.6. The molecule has 1 saturated heterocycles. The van der Waals surface area contributed by atoms with Crippen molar-refractivity contribution in [3.63, 3.8) is 0 Å². The van der Waals surface area contributed by atoms with Gasteiger partial charge in [-0.2, -0.15) is 5.10 Å². The van der Waals surface area contributed by atoms with E-state index in [1.807, 2.05) is 0 Å². The van der Waals surface area contributed by atoms with E-state index in [0.29, 0.717) is 0 Å². The summed E-state index contributed by atoms with van der Waals surface area (Å²) in [6, 6.07) is 0. The molecule has 0 aliphatic carbocycles. The summed E-state index contributed by atoms with van der Waals surface area (Å²) in [6.07, 6.45) is 3.99. The van der Waals surface area contributed by atoms with E-state index >= 15 is 0 Å². The third-order valence-corrected chi connectivity index (χ3v) is 2.71. The van der Waals surface area contributed by atoms with Gasteiger partial charge in [-0.15, -0.1) is 0 Å². The Bertz CT molecular complexity index is 183. The van der Waals surface area contributed by atoms with Crippen molar-refractivity contribution < 1.29 is 0 Å². The van der Waals surface area contributed by atoms with Crippen LogP contribution < -0.4 is 0 Å². The highest BCUT2D eigenvalue weighted by atomic mass is 15.5. The van der Waals surface area contributed by atoms with Crippen LogP contribution in [0.4, 0.5) is 0 Å². The maximum Gasteiger partial charge on any atom is 0.0403 e. The third kappa shape index (κ3) is 3.37. The molecule has 1 aliphatic rings. The first-order valence-electron chi connectivity index (χ1n) is 5.31. The van der Waals surface area contributed by atoms with E-state index in [1.165, 1.54) is 25.0 Å². The zero-order valence-corrected chi connectivity index (χ0v) is 9.43. The predicted molar refractivity (Wildman–Crippen MR) is 58.0 cm³/mol. The second kappa shape index (κ2) is 4.12. The van der Waals surface area contributed by atoms with Gasteiger partial charge >= 0.3 is 0 Å². The Labute approximate surface area is 82.0 Å². The molecule has 0 radical (unpaired) electrons. The number of hydrazone groups is 1. The molecule has 13 heavy (non-hydrogen) atoms. The predicted octanol–water partition coefficient (Wildman–Crippen LogP) is 2.89. The monoisotopic (exact) mass is 182 g/mol. The highest BCUT2D eigenvalue weighted by Gasteiger charge is 2.16. The van der Waals surface area contributed by atoms with Crippen molar-refractivity contribution >= 4 is 5.71 Å². The molecule has 1 heterocycles. The van der Waals surface area contributed by atoms with Crippen LogP contribution in [0.3, 0.4) is 0 Å². The van der Waals surface area contributed by atoms with E-state index in [4.69, 9.17) is 0 Å². The fourth-order valence-electron chi connectivity index (χ4n) is 1.34. The van der Waals surface area contributed by atoms with Crippen molar-refractivity contribution in [2.45, 2.75) is 47.0 Å². The summed E-state index contributed by atoms with van der Waals surface area (Å²) in [5.41, 5.74) is 1.46. The number of rotatable bonds is 1. The average Bonchev–Trinajstić information content (AvgIpc) is 2.04. The van der Waals surface area contributed by atoms with Gasteiger partial charge in [-0.25, -0.2) is 0 Å². The molecule has 2 heteroatoms. The van der Waals surface area contributed by atoms with E-state index in [-0.39, 0.29) is 5.41 Å². The molecule has 0 aromatic heterocycles. The fourth-order valence-corrected chi connectivity index (χ4v) is 1.34. The number of piperidine rings is 1. The van der Waals surface area contributed by atoms with Gasteiger partial charge in [-0.3, -0.25) is 5.01 Å². The van der Waals surface area contributed by atoms with Crippen LogP contribution in [-0.2, 0) is 0 Å². The van der Waals surface area contributed by atoms with Crippen molar-refractivity contribution in [2.24, 2.45) is 10.5 Å². The molecule has 1 aliphatic heterocycles. The molecule has 1 fully saturated rings. The van der Waals surface area contributed by atoms with Crippen LogP contribution in [0.25, 0.3) is 0 Å². The van der Waals surface area contributed by atoms with Crippen molar-refractivity contribution in [1.29, 1.82) is 0 Å². The lowest BCUT2D eigenvalue weighted by Gasteiger charge is -2.27. The quantitative estimate of drug-likeness (QED) is 0.569. The summed E-state index contributed by atoms with van der Waals surface area (Å²) in [7, 11) is 0. The van der Waals surface area contributed by atoms with E-state index in [9.17, 15) is 0 Å². The molecule has 0 amide bonds. The highest BCUT2D eigenvalue weighted by Crippen LogP contribution is 2.17. The van der Waals surface area contributed by atoms with Crippen LogP contribution in [0.2, 0.25) is 0 Å². The lowest BCUT2D eigenvalue weighted by Crippen LogP contribution is -2.28. The maximum absolute atomic E-state index is 4.66. The van der Waals surface area contributed by atoms with Crippen molar-refractivity contribution in [3.05, 3.63) is 0 Å². The van der Waals surface area contributed by atoms with Crippen LogP contribution in [0.1, 0.15) is 47.0 Å². The molecule has 76 valence electrons. The standard InChI is InChI=1S/C11H22N2/c1-10(11(2,3)4)12-13-8-6-5-7-9-13/h5-9H2,1-4H3/b12-10+. The van der Waals surface area contributed by atoms with Gasteiger partial charge in [0.15, 0.2) is 0 Å². The summed E-state index contributed by atoms with van der Waals surface area (Å²) in [6.45, 7) is 11.1. The second-order valence-electron chi connectivity index (χ2n) is 4.95. The van der Waals surface area contributed by atoms with E-state index in [1.54, 1.807) is 0 Å². The Balaban J connectivity index is 2.53. The van der Waals surface area contributed by atoms with Gasteiger partial charge in [0.05, 0.1) is 0 Å². The fraction of sp³-hybridized carbons (Fsp3) is 0.909. The van der Waals surface area contributed by atoms with Crippen LogP contribution in [0.15, 0.2) is 5.10 Å². The van der Waals surface area contributed by atoms with Gasteiger partial charge in [-0.1, -0.05) is 20.8 Å². The van der Waals surface area contributed by atoms with Crippen molar-refractivity contribution in [2.75, 3.05) is 13.1 Å². The molecule has 0 N–H and O–H groups in total. The van der Waals surface area contributed by atoms with Gasteiger partial charge in [0.1, 0.15) is 0 Å². The first-order chi connectivity index (χ1) is 6.00. The van der Waals surface area contributed by atoms with Gasteiger partial charge in [-0.05, 0) is 26.2 Å². The van der Waals surface area contributed by atoms with Crippen molar-refractivity contribution in [1.82, 2.24) is 5.01 Å². The third-order valence-electron chi connectivity index (χ3n) is 2.71. The molecule has 0 unspecified atom stereocenters. The first-order valence-corrected chi connectivity index (χ1v) is 5.31. The summed E-state index contributed by atoms with van der Waals surface area (Å²) in [5.74, 6) is 0. The highest BCUT2D eigenvalue weighted by molar-refractivity contribution is 5.86. The Hall–Kier alpha value is -0.530. The van der Waals surface area contributed by atoms with Gasteiger partial charge in [0.25, 0.3) is 0 Å². The number of hydrogen-bond donors (Lipinski definition) is 0. The Kier molecular flexibility index (Phi) is 3.34. The minimum absolute atomic E-state index is 0.220. The molecule has 0 bridgehead atoms. The molecule has 2 nitrogen and oxygen atoms in total. The largest absolute Gasteiger partial charge is 0.297 e. The van der Waals surface area contributed by atoms with Crippen LogP contribution in [0.5, 0.6) is 0 Å². The SMILES string of the molecule is C/C(=N\N1CCCCC1)C(C)(C)C. The Morgan fingerprint density at radius 3 is 2.08 bits per heavy atom. The molecular formula is C11H22N2. The van der Waals surface area contributed by atoms with Gasteiger partial charge in [0, 0.05) is 24.2 Å². The van der Waals surface area contributed by atoms with Crippen LogP contribution in [-0.4, -0.2) is 23.8 Å². The van der Waals surface area contributed by atoms with Crippen LogP contribution >= 0.6 is 0 Å². The van der Waals surface area contributed by atoms with E-state index < -0.39 is 0 Å². The first kappa shape index (κ1) is 10.6. The van der Waals surface area contributed by atoms with Crippen molar-refractivity contribution in [3.8, 4) is 0 Å².